The van der Waals surface area contributed by atoms with Crippen molar-refractivity contribution in [1.29, 1.82) is 0 Å². The Morgan fingerprint density at radius 2 is 1.87 bits per heavy atom. The third kappa shape index (κ3) is 4.50. The van der Waals surface area contributed by atoms with Crippen LogP contribution >= 0.6 is 0 Å². The summed E-state index contributed by atoms with van der Waals surface area (Å²) < 4.78 is 29.5. The minimum atomic E-state index is -0.632. The van der Waals surface area contributed by atoms with Gasteiger partial charge in [-0.3, -0.25) is 14.2 Å². The molecule has 1 aliphatic heterocycles. The summed E-state index contributed by atoms with van der Waals surface area (Å²) in [4.78, 5) is 30.3. The summed E-state index contributed by atoms with van der Waals surface area (Å²) in [5.74, 6) is -0.876. The number of nitrogens with one attached hydrogen (secondary N) is 1. The van der Waals surface area contributed by atoms with Crippen molar-refractivity contribution in [2.75, 3.05) is 0 Å². The van der Waals surface area contributed by atoms with Crippen molar-refractivity contribution in [3.63, 3.8) is 0 Å². The molecule has 0 saturated heterocycles. The number of aryl methyl sites for hydroxylation is 1. The number of aromatic nitrogens is 2. The number of amides is 1. The zero-order chi connectivity index (χ0) is 22.0. The van der Waals surface area contributed by atoms with Gasteiger partial charge in [-0.05, 0) is 56.5 Å². The average molecular weight is 425 g/mol. The fourth-order valence-electron chi connectivity index (χ4n) is 4.13. The molecule has 0 bridgehead atoms. The van der Waals surface area contributed by atoms with Crippen molar-refractivity contribution < 1.29 is 13.6 Å². The van der Waals surface area contributed by atoms with Crippen LogP contribution in [0.5, 0.6) is 0 Å². The summed E-state index contributed by atoms with van der Waals surface area (Å²) in [5.41, 5.74) is 0.729. The van der Waals surface area contributed by atoms with Gasteiger partial charge in [0.25, 0.3) is 11.5 Å². The van der Waals surface area contributed by atoms with E-state index in [1.165, 1.54) is 18.2 Å². The van der Waals surface area contributed by atoms with Gasteiger partial charge in [0, 0.05) is 30.1 Å². The first kappa shape index (κ1) is 21.2. The molecule has 1 amide bonds. The predicted molar refractivity (Wildman–Crippen MR) is 115 cm³/mol. The van der Waals surface area contributed by atoms with Crippen molar-refractivity contribution in [2.45, 2.75) is 58.0 Å². The second-order valence-corrected chi connectivity index (χ2v) is 8.16. The summed E-state index contributed by atoms with van der Waals surface area (Å²) in [6.07, 6.45) is 4.95. The molecule has 5 nitrogen and oxygen atoms in total. The van der Waals surface area contributed by atoms with E-state index in [0.717, 1.165) is 37.9 Å². The van der Waals surface area contributed by atoms with Crippen LogP contribution in [0.4, 0.5) is 8.78 Å². The van der Waals surface area contributed by atoms with Gasteiger partial charge in [0.15, 0.2) is 0 Å². The van der Waals surface area contributed by atoms with E-state index in [2.05, 4.69) is 10.3 Å². The largest absolute Gasteiger partial charge is 0.349 e. The number of halogens is 2. The number of nitrogens with zero attached hydrogens (tertiary/aromatic N) is 2. The highest BCUT2D eigenvalue weighted by Gasteiger charge is 2.17. The normalized spacial score (nSPS) is 15.1. The number of carbonyl (C=O) groups is 1. The van der Waals surface area contributed by atoms with Gasteiger partial charge in [0.1, 0.15) is 17.5 Å². The molecular formula is C24H25F2N3O2. The Kier molecular flexibility index (Phi) is 6.11. The maximum atomic E-state index is 13.9. The number of hydrogen-bond donors (Lipinski definition) is 1. The third-order valence-corrected chi connectivity index (χ3v) is 5.78. The van der Waals surface area contributed by atoms with E-state index in [4.69, 9.17) is 0 Å². The summed E-state index contributed by atoms with van der Waals surface area (Å²) in [6, 6.07) is 8.06. The van der Waals surface area contributed by atoms with E-state index in [1.807, 2.05) is 0 Å². The molecule has 2 aromatic carbocycles. The molecular weight excluding hydrogens is 400 g/mol. The van der Waals surface area contributed by atoms with Crippen molar-refractivity contribution in [1.82, 2.24) is 14.9 Å². The Morgan fingerprint density at radius 1 is 1.13 bits per heavy atom. The zero-order valence-corrected chi connectivity index (χ0v) is 17.5. The highest BCUT2D eigenvalue weighted by Crippen LogP contribution is 2.17. The standard InChI is InChI=1S/C24H25F2N3O2/c1-15(13-18-19(25)7-6-8-20(18)26)27-23(30)16-10-11-17-21(14-16)28-22-9-4-2-3-5-12-29(22)24(17)31/h6-8,10-11,14-15H,2-5,9,12-13H2,1H3,(H,27,30). The molecule has 0 aliphatic carbocycles. The molecule has 0 radical (unpaired) electrons. The minimum absolute atomic E-state index is 0.0327. The Balaban J connectivity index is 1.57. The fraction of sp³-hybridized carbons (Fsp3) is 0.375. The Hall–Kier alpha value is -3.09. The first-order valence-electron chi connectivity index (χ1n) is 10.7. The molecule has 1 aliphatic rings. The van der Waals surface area contributed by atoms with Gasteiger partial charge in [-0.1, -0.05) is 18.9 Å². The van der Waals surface area contributed by atoms with Crippen molar-refractivity contribution in [3.8, 4) is 0 Å². The lowest BCUT2D eigenvalue weighted by atomic mass is 10.0. The lowest BCUT2D eigenvalue weighted by Crippen LogP contribution is -2.34. The van der Waals surface area contributed by atoms with Crippen LogP contribution in [0.25, 0.3) is 10.9 Å². The Bertz CT molecular complexity index is 1170. The maximum absolute atomic E-state index is 13.9. The quantitative estimate of drug-likeness (QED) is 0.683. The monoisotopic (exact) mass is 425 g/mol. The lowest BCUT2D eigenvalue weighted by molar-refractivity contribution is 0.0939. The fourth-order valence-corrected chi connectivity index (χ4v) is 4.13. The Morgan fingerprint density at radius 3 is 2.65 bits per heavy atom. The molecule has 1 N–H and O–H groups in total. The van der Waals surface area contributed by atoms with Crippen LogP contribution < -0.4 is 10.9 Å². The smallest absolute Gasteiger partial charge is 0.261 e. The molecule has 0 saturated carbocycles. The van der Waals surface area contributed by atoms with Crippen LogP contribution in [0, 0.1) is 11.6 Å². The van der Waals surface area contributed by atoms with Crippen molar-refractivity contribution in [2.24, 2.45) is 0 Å². The second kappa shape index (κ2) is 8.96. The topological polar surface area (TPSA) is 64.0 Å². The maximum Gasteiger partial charge on any atom is 0.261 e. The summed E-state index contributed by atoms with van der Waals surface area (Å²) in [6.45, 7) is 2.36. The molecule has 0 spiro atoms. The lowest BCUT2D eigenvalue weighted by Gasteiger charge is -2.17. The number of rotatable bonds is 4. The van der Waals surface area contributed by atoms with Crippen LogP contribution in [0.3, 0.4) is 0 Å². The van der Waals surface area contributed by atoms with Gasteiger partial charge < -0.3 is 5.32 Å². The van der Waals surface area contributed by atoms with Crippen molar-refractivity contribution >= 4 is 16.8 Å². The molecule has 2 heterocycles. The molecule has 1 aromatic heterocycles. The van der Waals surface area contributed by atoms with Crippen LogP contribution in [0.2, 0.25) is 0 Å². The van der Waals surface area contributed by atoms with Gasteiger partial charge in [-0.2, -0.15) is 0 Å². The molecule has 3 aromatic rings. The van der Waals surface area contributed by atoms with Gasteiger partial charge in [0.05, 0.1) is 10.9 Å². The number of fused-ring (bicyclic) bond motifs is 2. The van der Waals surface area contributed by atoms with Crippen LogP contribution in [0.1, 0.15) is 54.4 Å². The van der Waals surface area contributed by atoms with Gasteiger partial charge in [-0.25, -0.2) is 13.8 Å². The summed E-state index contributed by atoms with van der Waals surface area (Å²) in [5, 5.41) is 3.26. The predicted octanol–water partition coefficient (Wildman–Crippen LogP) is 4.15. The molecule has 31 heavy (non-hydrogen) atoms. The molecule has 0 fully saturated rings. The van der Waals surface area contributed by atoms with Crippen LogP contribution in [0.15, 0.2) is 41.2 Å². The van der Waals surface area contributed by atoms with Crippen LogP contribution in [-0.2, 0) is 19.4 Å². The molecule has 4 rings (SSSR count). The summed E-state index contributed by atoms with van der Waals surface area (Å²) in [7, 11) is 0. The molecule has 7 heteroatoms. The minimum Gasteiger partial charge on any atom is -0.349 e. The second-order valence-electron chi connectivity index (χ2n) is 8.16. The van der Waals surface area contributed by atoms with Crippen molar-refractivity contribution in [3.05, 3.63) is 75.3 Å². The third-order valence-electron chi connectivity index (χ3n) is 5.78. The van der Waals surface area contributed by atoms with Gasteiger partial charge in [-0.15, -0.1) is 0 Å². The molecule has 1 atom stereocenters. The summed E-state index contributed by atoms with van der Waals surface area (Å²) >= 11 is 0. The highest BCUT2D eigenvalue weighted by molar-refractivity contribution is 5.97. The SMILES string of the molecule is CC(Cc1c(F)cccc1F)NC(=O)c1ccc2c(=O)n3c(nc2c1)CCCCCC3. The average Bonchev–Trinajstić information content (AvgIpc) is 2.72. The van der Waals surface area contributed by atoms with E-state index in [0.29, 0.717) is 23.0 Å². The highest BCUT2D eigenvalue weighted by atomic mass is 19.1. The van der Waals surface area contributed by atoms with E-state index in [-0.39, 0.29) is 23.5 Å². The van der Waals surface area contributed by atoms with E-state index >= 15 is 0 Å². The van der Waals surface area contributed by atoms with E-state index in [9.17, 15) is 18.4 Å². The van der Waals surface area contributed by atoms with Gasteiger partial charge in [0.2, 0.25) is 0 Å². The first-order chi connectivity index (χ1) is 14.9. The number of carbonyl (C=O) groups excluding carboxylic acids is 1. The number of benzene rings is 2. The van der Waals surface area contributed by atoms with Crippen LogP contribution in [-0.4, -0.2) is 21.5 Å². The van der Waals surface area contributed by atoms with Gasteiger partial charge >= 0.3 is 0 Å². The first-order valence-corrected chi connectivity index (χ1v) is 10.7. The van der Waals surface area contributed by atoms with E-state index < -0.39 is 17.7 Å². The molecule has 162 valence electrons. The Labute approximate surface area is 179 Å². The molecule has 1 unspecified atom stereocenters. The van der Waals surface area contributed by atoms with E-state index in [1.54, 1.807) is 29.7 Å². The zero-order valence-electron chi connectivity index (χ0n) is 17.5. The number of hydrogen-bond acceptors (Lipinski definition) is 3.